The minimum Gasteiger partial charge on any atom is -0.382 e. The molecule has 4 N–H and O–H groups in total. The van der Waals surface area contributed by atoms with Crippen LogP contribution in [0.4, 0.5) is 0 Å². The van der Waals surface area contributed by atoms with Gasteiger partial charge in [0.1, 0.15) is 17.7 Å². The van der Waals surface area contributed by atoms with Gasteiger partial charge in [0.05, 0.1) is 11.4 Å². The number of aromatic nitrogens is 1. The van der Waals surface area contributed by atoms with Gasteiger partial charge in [-0.15, -0.1) is 0 Å². The molecule has 26 heavy (non-hydrogen) atoms. The summed E-state index contributed by atoms with van der Waals surface area (Å²) >= 11 is 0. The van der Waals surface area contributed by atoms with E-state index in [-0.39, 0.29) is 6.17 Å². The van der Waals surface area contributed by atoms with E-state index in [1.807, 2.05) is 0 Å². The lowest BCUT2D eigenvalue weighted by Crippen LogP contribution is -2.46. The molecule has 134 valence electrons. The molecule has 0 bridgehead atoms. The van der Waals surface area contributed by atoms with Crippen LogP contribution in [0.2, 0.25) is 0 Å². The molecular formula is C20H24N6. The highest BCUT2D eigenvalue weighted by atomic mass is 15.4. The predicted molar refractivity (Wildman–Crippen MR) is 105 cm³/mol. The lowest BCUT2D eigenvalue weighted by molar-refractivity contribution is 0.147. The molecule has 1 aromatic heterocycles. The Labute approximate surface area is 153 Å². The van der Waals surface area contributed by atoms with E-state index < -0.39 is 0 Å². The Balaban J connectivity index is 1.54. The number of aromatic amines is 1. The number of benzene rings is 1. The van der Waals surface area contributed by atoms with Crippen molar-refractivity contribution in [2.24, 2.45) is 16.6 Å². The van der Waals surface area contributed by atoms with Crippen LogP contribution in [0.15, 0.2) is 53.4 Å². The van der Waals surface area contributed by atoms with Crippen LogP contribution in [0.25, 0.3) is 16.6 Å². The van der Waals surface area contributed by atoms with E-state index in [4.69, 9.17) is 5.73 Å². The lowest BCUT2D eigenvalue weighted by atomic mass is 9.93. The van der Waals surface area contributed by atoms with Crippen molar-refractivity contribution < 1.29 is 0 Å². The molecule has 2 aromatic rings. The summed E-state index contributed by atoms with van der Waals surface area (Å²) < 4.78 is 0. The van der Waals surface area contributed by atoms with Gasteiger partial charge in [0.2, 0.25) is 0 Å². The maximum absolute atomic E-state index is 6.29. The molecule has 0 radical (unpaired) electrons. The van der Waals surface area contributed by atoms with Crippen LogP contribution >= 0.6 is 0 Å². The van der Waals surface area contributed by atoms with E-state index in [0.717, 1.165) is 35.7 Å². The molecule has 1 unspecified atom stereocenters. The molecule has 0 spiro atoms. The summed E-state index contributed by atoms with van der Waals surface area (Å²) in [6.07, 6.45) is 6.45. The molecule has 1 aromatic carbocycles. The Morgan fingerprint density at radius 3 is 2.81 bits per heavy atom. The van der Waals surface area contributed by atoms with Crippen molar-refractivity contribution in [1.29, 1.82) is 0 Å². The smallest absolute Gasteiger partial charge is 0.149 e. The van der Waals surface area contributed by atoms with Crippen LogP contribution in [0, 0.1) is 5.92 Å². The third-order valence-corrected chi connectivity index (χ3v) is 5.78. The van der Waals surface area contributed by atoms with Crippen molar-refractivity contribution >= 4 is 22.4 Å². The van der Waals surface area contributed by atoms with Crippen molar-refractivity contribution in [2.75, 3.05) is 20.1 Å². The van der Waals surface area contributed by atoms with Crippen LogP contribution in [-0.4, -0.2) is 46.9 Å². The van der Waals surface area contributed by atoms with Crippen molar-refractivity contribution in [3.63, 3.8) is 0 Å². The lowest BCUT2D eigenvalue weighted by Gasteiger charge is -2.37. The van der Waals surface area contributed by atoms with Gasteiger partial charge in [0.15, 0.2) is 0 Å². The van der Waals surface area contributed by atoms with Gasteiger partial charge in [-0.25, -0.2) is 4.99 Å². The van der Waals surface area contributed by atoms with Crippen molar-refractivity contribution in [2.45, 2.75) is 19.0 Å². The number of fused-ring (bicyclic) bond motifs is 2. The first-order valence-corrected chi connectivity index (χ1v) is 9.27. The summed E-state index contributed by atoms with van der Waals surface area (Å²) in [6.45, 7) is 2.28. The number of piperidine rings is 1. The number of para-hydroxylation sites is 1. The van der Waals surface area contributed by atoms with Gasteiger partial charge in [0, 0.05) is 29.2 Å². The SMILES string of the molecule is CN1CCC(C2NC(c3cc4ccccc4[nH]3)=C3C(N)=NC=CN32)CC1. The molecule has 6 nitrogen and oxygen atoms in total. The van der Waals surface area contributed by atoms with Gasteiger partial charge in [-0.05, 0) is 45.1 Å². The van der Waals surface area contributed by atoms with Crippen LogP contribution in [0.3, 0.4) is 0 Å². The second kappa shape index (κ2) is 5.92. The summed E-state index contributed by atoms with van der Waals surface area (Å²) in [5.41, 5.74) is 10.5. The van der Waals surface area contributed by atoms with E-state index in [2.05, 4.69) is 68.7 Å². The molecule has 1 atom stereocenters. The fourth-order valence-corrected chi connectivity index (χ4v) is 4.33. The van der Waals surface area contributed by atoms with Crippen LogP contribution in [0.5, 0.6) is 0 Å². The number of likely N-dealkylation sites (tertiary alicyclic amines) is 1. The number of nitrogens with one attached hydrogen (secondary N) is 2. The number of H-pyrrole nitrogens is 1. The Morgan fingerprint density at radius 1 is 1.19 bits per heavy atom. The predicted octanol–water partition coefficient (Wildman–Crippen LogP) is 2.25. The van der Waals surface area contributed by atoms with E-state index in [1.54, 1.807) is 6.20 Å². The van der Waals surface area contributed by atoms with Gasteiger partial charge >= 0.3 is 0 Å². The zero-order chi connectivity index (χ0) is 17.7. The first-order chi connectivity index (χ1) is 12.7. The number of aliphatic imine (C=N–C) groups is 1. The molecule has 4 heterocycles. The molecule has 0 saturated carbocycles. The first-order valence-electron chi connectivity index (χ1n) is 9.27. The minimum absolute atomic E-state index is 0.227. The topological polar surface area (TPSA) is 72.7 Å². The summed E-state index contributed by atoms with van der Waals surface area (Å²) in [7, 11) is 2.20. The maximum Gasteiger partial charge on any atom is 0.149 e. The maximum atomic E-state index is 6.29. The largest absolute Gasteiger partial charge is 0.382 e. The third kappa shape index (κ3) is 2.41. The molecular weight excluding hydrogens is 324 g/mol. The number of nitrogens with two attached hydrogens (primary N) is 1. The highest BCUT2D eigenvalue weighted by Gasteiger charge is 2.39. The standard InChI is InChI=1S/C20H24N6/c1-25-9-6-13(7-10-25)20-24-17(18-19(21)22-8-11-26(18)20)16-12-14-4-2-3-5-15(14)23-16/h2-5,8,11-13,20,23-24H,6-7,9-10H2,1H3,(H2,21,22). The van der Waals surface area contributed by atoms with Gasteiger partial charge in [-0.3, -0.25) is 0 Å². The number of rotatable bonds is 2. The average Bonchev–Trinajstić information content (AvgIpc) is 3.24. The zero-order valence-electron chi connectivity index (χ0n) is 14.9. The van der Waals surface area contributed by atoms with Gasteiger partial charge in [-0.2, -0.15) is 0 Å². The van der Waals surface area contributed by atoms with Crippen LogP contribution in [-0.2, 0) is 0 Å². The second-order valence-corrected chi connectivity index (χ2v) is 7.44. The quantitative estimate of drug-likeness (QED) is 0.778. The fourth-order valence-electron chi connectivity index (χ4n) is 4.33. The number of hydrogen-bond acceptors (Lipinski definition) is 5. The van der Waals surface area contributed by atoms with E-state index in [0.29, 0.717) is 11.8 Å². The van der Waals surface area contributed by atoms with E-state index in [1.165, 1.54) is 18.2 Å². The van der Waals surface area contributed by atoms with Crippen LogP contribution in [0.1, 0.15) is 18.5 Å². The molecule has 1 fully saturated rings. The van der Waals surface area contributed by atoms with E-state index >= 15 is 0 Å². The number of amidine groups is 1. The highest BCUT2D eigenvalue weighted by Crippen LogP contribution is 2.36. The van der Waals surface area contributed by atoms with Gasteiger partial charge in [-0.1, -0.05) is 18.2 Å². The fraction of sp³-hybridized carbons (Fsp3) is 0.350. The Bertz CT molecular complexity index is 896. The summed E-state index contributed by atoms with van der Waals surface area (Å²) in [5, 5.41) is 4.97. The van der Waals surface area contributed by atoms with Crippen molar-refractivity contribution in [3.05, 3.63) is 54.1 Å². The molecule has 0 amide bonds. The van der Waals surface area contributed by atoms with Crippen LogP contribution < -0.4 is 11.1 Å². The molecule has 3 aliphatic rings. The monoisotopic (exact) mass is 348 g/mol. The molecule has 6 heteroatoms. The Kier molecular flexibility index (Phi) is 3.53. The first kappa shape index (κ1) is 15.5. The Morgan fingerprint density at radius 2 is 2.00 bits per heavy atom. The van der Waals surface area contributed by atoms with Gasteiger partial charge in [0.25, 0.3) is 0 Å². The Hall–Kier alpha value is -2.73. The normalized spacial score (nSPS) is 24.1. The zero-order valence-corrected chi connectivity index (χ0v) is 14.9. The molecule has 1 saturated heterocycles. The third-order valence-electron chi connectivity index (χ3n) is 5.78. The summed E-state index contributed by atoms with van der Waals surface area (Å²) in [5.74, 6) is 1.16. The van der Waals surface area contributed by atoms with Gasteiger partial charge < -0.3 is 25.8 Å². The van der Waals surface area contributed by atoms with Crippen molar-refractivity contribution in [3.8, 4) is 0 Å². The van der Waals surface area contributed by atoms with Crippen molar-refractivity contribution in [1.82, 2.24) is 20.1 Å². The number of hydrogen-bond donors (Lipinski definition) is 3. The highest BCUT2D eigenvalue weighted by molar-refractivity contribution is 6.05. The average molecular weight is 348 g/mol. The summed E-state index contributed by atoms with van der Waals surface area (Å²) in [4.78, 5) is 12.6. The minimum atomic E-state index is 0.227. The molecule has 3 aliphatic heterocycles. The molecule has 5 rings (SSSR count). The second-order valence-electron chi connectivity index (χ2n) is 7.44. The summed E-state index contributed by atoms with van der Waals surface area (Å²) in [6, 6.07) is 10.5. The molecule has 0 aliphatic carbocycles. The van der Waals surface area contributed by atoms with E-state index in [9.17, 15) is 0 Å². The number of nitrogens with zero attached hydrogens (tertiary/aromatic N) is 3.